The van der Waals surface area contributed by atoms with Gasteiger partial charge in [0, 0.05) is 39.1 Å². The Morgan fingerprint density at radius 2 is 1.69 bits per heavy atom. The number of hydrogen-bond acceptors (Lipinski definition) is 7. The molecule has 2 heterocycles. The van der Waals surface area contributed by atoms with Crippen LogP contribution in [0.25, 0.3) is 0 Å². The van der Waals surface area contributed by atoms with Crippen LogP contribution in [0.4, 0.5) is 23.9 Å². The van der Waals surface area contributed by atoms with Gasteiger partial charge in [-0.15, -0.1) is 0 Å². The molecule has 2 aromatic carbocycles. The second kappa shape index (κ2) is 12.7. The molecule has 0 spiro atoms. The highest BCUT2D eigenvalue weighted by molar-refractivity contribution is 5.76. The Morgan fingerprint density at radius 1 is 1.07 bits per heavy atom. The van der Waals surface area contributed by atoms with E-state index < -0.39 is 23.3 Å². The lowest BCUT2D eigenvalue weighted by atomic mass is 9.97. The molecule has 10 nitrogen and oxygen atoms in total. The van der Waals surface area contributed by atoms with Gasteiger partial charge in [0.15, 0.2) is 5.60 Å². The molecule has 0 saturated carbocycles. The molecule has 0 unspecified atom stereocenters. The number of carbonyl (C=O) groups is 2. The maximum atomic E-state index is 13.1. The van der Waals surface area contributed by atoms with E-state index in [1.54, 1.807) is 24.1 Å². The fraction of sp³-hybridized carbons (Fsp3) is 0.448. The largest absolute Gasteiger partial charge is 0.478 e. The van der Waals surface area contributed by atoms with Gasteiger partial charge in [0.25, 0.3) is 5.95 Å². The van der Waals surface area contributed by atoms with Crippen LogP contribution in [0.15, 0.2) is 53.1 Å². The molecule has 1 aliphatic heterocycles. The summed E-state index contributed by atoms with van der Waals surface area (Å²) < 4.78 is 50.4. The summed E-state index contributed by atoms with van der Waals surface area (Å²) in [6, 6.07) is 11.9. The lowest BCUT2D eigenvalue weighted by Gasteiger charge is -2.29. The van der Waals surface area contributed by atoms with Crippen molar-refractivity contribution < 1.29 is 37.1 Å². The highest BCUT2D eigenvalue weighted by atomic mass is 19.4. The molecular formula is C29H34F3N5O5. The number of piperidine rings is 1. The number of aliphatic carboxylic acids is 1. The van der Waals surface area contributed by atoms with E-state index in [0.29, 0.717) is 62.0 Å². The zero-order chi connectivity index (χ0) is 30.5. The van der Waals surface area contributed by atoms with Gasteiger partial charge in [0.2, 0.25) is 5.89 Å². The second-order valence-electron chi connectivity index (χ2n) is 10.7. The lowest BCUT2D eigenvalue weighted by Crippen LogP contribution is -2.42. The van der Waals surface area contributed by atoms with Crippen molar-refractivity contribution in [2.45, 2.75) is 57.3 Å². The molecule has 3 aromatic rings. The number of amides is 2. The van der Waals surface area contributed by atoms with Crippen molar-refractivity contribution >= 4 is 17.9 Å². The number of benzene rings is 2. The third-order valence-corrected chi connectivity index (χ3v) is 7.20. The van der Waals surface area contributed by atoms with Crippen LogP contribution in [-0.2, 0) is 23.9 Å². The number of halogens is 3. The summed E-state index contributed by atoms with van der Waals surface area (Å²) in [4.78, 5) is 31.5. The van der Waals surface area contributed by atoms with Gasteiger partial charge >= 0.3 is 18.2 Å². The van der Waals surface area contributed by atoms with Crippen LogP contribution in [0.2, 0.25) is 0 Å². The zero-order valence-corrected chi connectivity index (χ0v) is 23.6. The molecule has 4 rings (SSSR count). The van der Waals surface area contributed by atoms with Crippen molar-refractivity contribution in [3.8, 4) is 5.75 Å². The minimum Gasteiger partial charge on any atom is -0.478 e. The maximum absolute atomic E-state index is 13.1. The minimum atomic E-state index is -4.43. The second-order valence-corrected chi connectivity index (χ2v) is 10.7. The van der Waals surface area contributed by atoms with Crippen LogP contribution in [0.3, 0.4) is 0 Å². The molecule has 13 heteroatoms. The number of carboxylic acids is 1. The van der Waals surface area contributed by atoms with Crippen molar-refractivity contribution in [2.75, 3.05) is 31.6 Å². The third kappa shape index (κ3) is 7.71. The Kier molecular flexibility index (Phi) is 9.27. The van der Waals surface area contributed by atoms with Crippen LogP contribution >= 0.6 is 0 Å². The van der Waals surface area contributed by atoms with Crippen LogP contribution < -0.4 is 15.0 Å². The first-order valence-corrected chi connectivity index (χ1v) is 13.6. The fourth-order valence-corrected chi connectivity index (χ4v) is 4.60. The third-order valence-electron chi connectivity index (χ3n) is 7.20. The number of carbonyl (C=O) groups excluding carboxylic acids is 1. The van der Waals surface area contributed by atoms with E-state index in [0.717, 1.165) is 17.7 Å². The monoisotopic (exact) mass is 589 g/mol. The number of alkyl halides is 3. The quantitative estimate of drug-likeness (QED) is 0.335. The van der Waals surface area contributed by atoms with Gasteiger partial charge in [0.05, 0.1) is 5.56 Å². The van der Waals surface area contributed by atoms with Gasteiger partial charge in [-0.1, -0.05) is 24.3 Å². The number of ether oxygens (including phenoxy) is 1. The summed E-state index contributed by atoms with van der Waals surface area (Å²) in [5.41, 5.74) is -0.530. The smallest absolute Gasteiger partial charge is 0.416 e. The van der Waals surface area contributed by atoms with Gasteiger partial charge in [-0.05, 0) is 73.7 Å². The predicted molar refractivity (Wildman–Crippen MR) is 147 cm³/mol. The first kappa shape index (κ1) is 30.7. The zero-order valence-electron chi connectivity index (χ0n) is 23.6. The van der Waals surface area contributed by atoms with E-state index in [1.807, 2.05) is 17.0 Å². The Hall–Kier alpha value is -4.29. The number of nitrogens with zero attached hydrogens (tertiary/aromatic N) is 4. The minimum absolute atomic E-state index is 0.0114. The van der Waals surface area contributed by atoms with Gasteiger partial charge in [-0.3, -0.25) is 0 Å². The van der Waals surface area contributed by atoms with Crippen LogP contribution in [0.5, 0.6) is 5.75 Å². The summed E-state index contributed by atoms with van der Waals surface area (Å²) >= 11 is 0. The molecule has 1 saturated heterocycles. The lowest BCUT2D eigenvalue weighted by molar-refractivity contribution is -0.152. The van der Waals surface area contributed by atoms with Gasteiger partial charge in [-0.2, -0.15) is 18.2 Å². The molecule has 1 fully saturated rings. The number of urea groups is 1. The Balaban J connectivity index is 1.48. The fourth-order valence-electron chi connectivity index (χ4n) is 4.60. The van der Waals surface area contributed by atoms with Crippen molar-refractivity contribution in [3.63, 3.8) is 0 Å². The van der Waals surface area contributed by atoms with Gasteiger partial charge < -0.3 is 29.5 Å². The summed E-state index contributed by atoms with van der Waals surface area (Å²) in [5.74, 6) is 0.103. The van der Waals surface area contributed by atoms with E-state index in [-0.39, 0.29) is 18.5 Å². The number of rotatable bonds is 10. The standard InChI is InChI=1S/C29H34F3N5O5/c1-28(2,25(38)39)41-23-10-6-19(7-11-23)12-15-37(18-20-4-8-22(9-5-20)29(30,31)32)26-34-24(42-35-26)21-13-16-36(17-14-21)27(40)33-3/h4-11,21H,12-18H2,1-3H3,(H,33,40)(H,38,39). The normalized spacial score (nSPS) is 14.5. The van der Waals surface area contributed by atoms with Crippen molar-refractivity contribution in [1.82, 2.24) is 20.4 Å². The Bertz CT molecular complexity index is 1350. The van der Waals surface area contributed by atoms with E-state index in [2.05, 4.69) is 15.5 Å². The molecule has 0 aliphatic carbocycles. The number of anilines is 1. The van der Waals surface area contributed by atoms with E-state index in [1.165, 1.54) is 26.0 Å². The van der Waals surface area contributed by atoms with Crippen LogP contribution in [-0.4, -0.2) is 64.4 Å². The maximum Gasteiger partial charge on any atom is 0.416 e. The van der Waals surface area contributed by atoms with Gasteiger partial charge in [0.1, 0.15) is 5.75 Å². The number of nitrogens with one attached hydrogen (secondary N) is 1. The van der Waals surface area contributed by atoms with E-state index in [4.69, 9.17) is 9.26 Å². The summed E-state index contributed by atoms with van der Waals surface area (Å²) in [5, 5.41) is 16.1. The first-order chi connectivity index (χ1) is 19.9. The Morgan fingerprint density at radius 3 is 2.26 bits per heavy atom. The molecule has 1 aromatic heterocycles. The topological polar surface area (TPSA) is 121 Å². The SMILES string of the molecule is CNC(=O)N1CCC(c2nc(N(CCc3ccc(OC(C)(C)C(=O)O)cc3)Cc3ccc(C(F)(F)F)cc3)no2)CC1. The van der Waals surface area contributed by atoms with Crippen LogP contribution in [0, 0.1) is 0 Å². The average molecular weight is 590 g/mol. The summed E-state index contributed by atoms with van der Waals surface area (Å²) in [7, 11) is 1.59. The highest BCUT2D eigenvalue weighted by Crippen LogP contribution is 2.31. The number of carboxylic acid groups (broad SMARTS) is 1. The number of hydrogen-bond donors (Lipinski definition) is 2. The molecule has 2 N–H and O–H groups in total. The molecule has 1 aliphatic rings. The molecule has 0 bridgehead atoms. The molecule has 2 amide bonds. The summed E-state index contributed by atoms with van der Waals surface area (Å²) in [6.45, 7) is 4.72. The van der Waals surface area contributed by atoms with Gasteiger partial charge in [-0.25, -0.2) is 9.59 Å². The van der Waals surface area contributed by atoms with E-state index in [9.17, 15) is 27.9 Å². The molecular weight excluding hydrogens is 555 g/mol. The van der Waals surface area contributed by atoms with Crippen molar-refractivity contribution in [1.29, 1.82) is 0 Å². The molecule has 0 atom stereocenters. The van der Waals surface area contributed by atoms with Crippen molar-refractivity contribution in [2.24, 2.45) is 0 Å². The summed E-state index contributed by atoms with van der Waals surface area (Å²) in [6.07, 6.45) is -2.55. The highest BCUT2D eigenvalue weighted by Gasteiger charge is 2.31. The number of likely N-dealkylation sites (tertiary alicyclic amines) is 1. The van der Waals surface area contributed by atoms with Crippen molar-refractivity contribution in [3.05, 3.63) is 71.1 Å². The molecule has 226 valence electrons. The Labute approximate surface area is 241 Å². The first-order valence-electron chi connectivity index (χ1n) is 13.6. The molecule has 42 heavy (non-hydrogen) atoms. The van der Waals surface area contributed by atoms with Crippen LogP contribution in [0.1, 0.15) is 55.2 Å². The predicted octanol–water partition coefficient (Wildman–Crippen LogP) is 5.10. The molecule has 0 radical (unpaired) electrons. The number of aromatic nitrogens is 2. The van der Waals surface area contributed by atoms with E-state index >= 15 is 0 Å². The average Bonchev–Trinajstić information content (AvgIpc) is 3.45.